The fraction of sp³-hybridized carbons (Fsp3) is 0.200. The minimum atomic E-state index is -0.490. The Morgan fingerprint density at radius 2 is 1.97 bits per heavy atom. The predicted molar refractivity (Wildman–Crippen MR) is 120 cm³/mol. The van der Waals surface area contributed by atoms with Gasteiger partial charge in [-0.05, 0) is 42.7 Å². The lowest BCUT2D eigenvalue weighted by Crippen LogP contribution is -2.29. The van der Waals surface area contributed by atoms with Crippen molar-refractivity contribution in [3.8, 4) is 11.1 Å². The van der Waals surface area contributed by atoms with E-state index in [0.717, 1.165) is 0 Å². The number of benzene rings is 2. The number of anilines is 1. The average Bonchev–Trinajstić information content (AvgIpc) is 3.46. The lowest BCUT2D eigenvalue weighted by atomic mass is 9.94. The highest BCUT2D eigenvalue weighted by Gasteiger charge is 2.30. The zero-order valence-corrected chi connectivity index (χ0v) is 17.5. The molecule has 0 aliphatic carbocycles. The number of halogens is 1. The minimum absolute atomic E-state index is 0.150. The minimum Gasteiger partial charge on any atom is -0.391 e. The second-order valence-corrected chi connectivity index (χ2v) is 8.15. The number of aliphatic hydroxyl groups excluding tert-OH is 1. The van der Waals surface area contributed by atoms with Crippen molar-refractivity contribution in [2.45, 2.75) is 19.4 Å². The molecule has 162 valence electrons. The number of carbonyl (C=O) groups is 2. The van der Waals surface area contributed by atoms with Crippen LogP contribution >= 0.6 is 0 Å². The van der Waals surface area contributed by atoms with Crippen LogP contribution in [0, 0.1) is 12.7 Å². The molecule has 6 nitrogen and oxygen atoms in total. The van der Waals surface area contributed by atoms with Gasteiger partial charge >= 0.3 is 0 Å². The first-order chi connectivity index (χ1) is 15.4. The van der Waals surface area contributed by atoms with Gasteiger partial charge in [-0.2, -0.15) is 0 Å². The summed E-state index contributed by atoms with van der Waals surface area (Å²) in [5, 5.41) is 12.6. The summed E-state index contributed by atoms with van der Waals surface area (Å²) in [4.78, 5) is 30.4. The van der Waals surface area contributed by atoms with Gasteiger partial charge in [0.05, 0.1) is 17.2 Å². The van der Waals surface area contributed by atoms with Crippen molar-refractivity contribution in [1.29, 1.82) is 0 Å². The molecule has 1 aromatic heterocycles. The van der Waals surface area contributed by atoms with Crippen molar-refractivity contribution in [2.24, 2.45) is 0 Å². The van der Waals surface area contributed by atoms with E-state index in [-0.39, 0.29) is 17.6 Å². The van der Waals surface area contributed by atoms with Crippen LogP contribution in [0.3, 0.4) is 0 Å². The molecule has 3 N–H and O–H groups in total. The molecule has 0 bridgehead atoms. The standard InChI is InChI=1S/C25H22FN3O3/c1-14-19(25(32)29-10-9-15(30)13-29)12-27-22(14)11-18-23-17(16-5-2-3-7-20(16)26)6-4-8-21(23)28-24(18)31/h2-8,11-12,15,27,30H,9-10,13H2,1H3,(H,28,31). The molecule has 1 atom stereocenters. The van der Waals surface area contributed by atoms with Gasteiger partial charge in [-0.25, -0.2) is 4.39 Å². The average molecular weight is 431 g/mol. The van der Waals surface area contributed by atoms with E-state index in [1.54, 1.807) is 53.6 Å². The normalized spacial score (nSPS) is 18.8. The molecule has 0 radical (unpaired) electrons. The molecule has 7 heteroatoms. The molecule has 2 aromatic carbocycles. The Bertz CT molecular complexity index is 1280. The van der Waals surface area contributed by atoms with Gasteiger partial charge in [0.15, 0.2) is 0 Å². The van der Waals surface area contributed by atoms with Crippen molar-refractivity contribution in [2.75, 3.05) is 18.4 Å². The van der Waals surface area contributed by atoms with Crippen molar-refractivity contribution in [1.82, 2.24) is 9.88 Å². The number of nitrogens with one attached hydrogen (secondary N) is 2. The van der Waals surface area contributed by atoms with Crippen molar-refractivity contribution >= 4 is 29.2 Å². The maximum Gasteiger partial charge on any atom is 0.256 e. The molecule has 2 aliphatic rings. The number of aromatic nitrogens is 1. The van der Waals surface area contributed by atoms with E-state index in [1.807, 2.05) is 6.92 Å². The molecular formula is C25H22FN3O3. The molecule has 2 aliphatic heterocycles. The summed E-state index contributed by atoms with van der Waals surface area (Å²) in [7, 11) is 0. The smallest absolute Gasteiger partial charge is 0.256 e. The van der Waals surface area contributed by atoms with E-state index < -0.39 is 6.10 Å². The Balaban J connectivity index is 1.56. The summed E-state index contributed by atoms with van der Waals surface area (Å²) in [6.07, 6.45) is 3.42. The molecule has 3 aromatic rings. The summed E-state index contributed by atoms with van der Waals surface area (Å²) in [5.74, 6) is -0.798. The molecule has 2 amide bonds. The molecular weight excluding hydrogens is 409 g/mol. The number of β-amino-alcohol motifs (C(OH)–C–C–N with tert-alkyl or cyclic N) is 1. The first kappa shape index (κ1) is 20.2. The third-order valence-electron chi connectivity index (χ3n) is 6.14. The van der Waals surface area contributed by atoms with Crippen LogP contribution in [0.5, 0.6) is 0 Å². The van der Waals surface area contributed by atoms with Crippen LogP contribution in [0.2, 0.25) is 0 Å². The quantitative estimate of drug-likeness (QED) is 0.551. The van der Waals surface area contributed by atoms with E-state index in [9.17, 15) is 19.1 Å². The van der Waals surface area contributed by atoms with Crippen LogP contribution in [0.4, 0.5) is 10.1 Å². The monoisotopic (exact) mass is 431 g/mol. The number of aliphatic hydroxyl groups is 1. The number of hydrogen-bond donors (Lipinski definition) is 3. The van der Waals surface area contributed by atoms with E-state index in [1.165, 1.54) is 6.07 Å². The zero-order chi connectivity index (χ0) is 22.4. The Hall–Kier alpha value is -3.71. The summed E-state index contributed by atoms with van der Waals surface area (Å²) >= 11 is 0. The van der Waals surface area contributed by atoms with Crippen LogP contribution in [0.25, 0.3) is 22.8 Å². The molecule has 1 unspecified atom stereocenters. The third-order valence-corrected chi connectivity index (χ3v) is 6.14. The van der Waals surface area contributed by atoms with E-state index in [4.69, 9.17) is 0 Å². The molecule has 0 spiro atoms. The van der Waals surface area contributed by atoms with Gasteiger partial charge in [-0.1, -0.05) is 30.3 Å². The zero-order valence-electron chi connectivity index (χ0n) is 17.5. The number of nitrogens with zero attached hydrogens (tertiary/aromatic N) is 1. The maximum absolute atomic E-state index is 14.5. The summed E-state index contributed by atoms with van der Waals surface area (Å²) < 4.78 is 14.5. The Labute approximate surface area is 184 Å². The van der Waals surface area contributed by atoms with Crippen molar-refractivity contribution in [3.63, 3.8) is 0 Å². The van der Waals surface area contributed by atoms with Crippen LogP contribution in [0.15, 0.2) is 48.7 Å². The largest absolute Gasteiger partial charge is 0.391 e. The Morgan fingerprint density at radius 1 is 1.19 bits per heavy atom. The Kier molecular flexibility index (Phi) is 4.90. The summed E-state index contributed by atoms with van der Waals surface area (Å²) in [5.41, 5.74) is 4.55. The number of H-pyrrole nitrogens is 1. The molecule has 1 fully saturated rings. The fourth-order valence-electron chi connectivity index (χ4n) is 4.42. The molecule has 5 rings (SSSR count). The fourth-order valence-corrected chi connectivity index (χ4v) is 4.42. The van der Waals surface area contributed by atoms with Gasteiger partial charge in [0, 0.05) is 41.8 Å². The van der Waals surface area contributed by atoms with Crippen LogP contribution in [-0.2, 0) is 4.79 Å². The molecule has 32 heavy (non-hydrogen) atoms. The summed E-state index contributed by atoms with van der Waals surface area (Å²) in [6.45, 7) is 2.66. The van der Waals surface area contributed by atoms with E-state index >= 15 is 0 Å². The first-order valence-corrected chi connectivity index (χ1v) is 10.5. The number of aromatic amines is 1. The lowest BCUT2D eigenvalue weighted by Gasteiger charge is -2.15. The Morgan fingerprint density at radius 3 is 2.72 bits per heavy atom. The number of hydrogen-bond acceptors (Lipinski definition) is 3. The van der Waals surface area contributed by atoms with E-state index in [2.05, 4.69) is 10.3 Å². The van der Waals surface area contributed by atoms with Crippen LogP contribution in [0.1, 0.15) is 33.6 Å². The van der Waals surface area contributed by atoms with Crippen molar-refractivity contribution in [3.05, 3.63) is 76.9 Å². The maximum atomic E-state index is 14.5. The second-order valence-electron chi connectivity index (χ2n) is 8.15. The van der Waals surface area contributed by atoms with Crippen LogP contribution < -0.4 is 5.32 Å². The topological polar surface area (TPSA) is 85.4 Å². The number of fused-ring (bicyclic) bond motifs is 1. The van der Waals surface area contributed by atoms with Gasteiger partial charge in [0.1, 0.15) is 5.82 Å². The predicted octanol–water partition coefficient (Wildman–Crippen LogP) is 3.83. The highest BCUT2D eigenvalue weighted by atomic mass is 19.1. The third kappa shape index (κ3) is 3.31. The lowest BCUT2D eigenvalue weighted by molar-refractivity contribution is -0.110. The van der Waals surface area contributed by atoms with Gasteiger partial charge in [0.25, 0.3) is 11.8 Å². The molecule has 1 saturated heterocycles. The SMILES string of the molecule is Cc1c(C(=O)N2CCC(O)C2)c[nH]c1C=C1C(=O)Nc2cccc(-c3ccccc3F)c21. The first-order valence-electron chi connectivity index (χ1n) is 10.5. The van der Waals surface area contributed by atoms with Crippen molar-refractivity contribution < 1.29 is 19.1 Å². The van der Waals surface area contributed by atoms with E-state index in [0.29, 0.717) is 64.3 Å². The molecule has 3 heterocycles. The molecule has 0 saturated carbocycles. The van der Waals surface area contributed by atoms with Gasteiger partial charge in [-0.15, -0.1) is 0 Å². The van der Waals surface area contributed by atoms with Gasteiger partial charge in [-0.3, -0.25) is 9.59 Å². The number of carbonyl (C=O) groups excluding carboxylic acids is 2. The van der Waals surface area contributed by atoms with Crippen LogP contribution in [-0.4, -0.2) is 46.0 Å². The van der Waals surface area contributed by atoms with Gasteiger partial charge in [0.2, 0.25) is 0 Å². The highest BCUT2D eigenvalue weighted by molar-refractivity contribution is 6.36. The number of rotatable bonds is 3. The number of likely N-dealkylation sites (tertiary alicyclic amines) is 1. The second kappa shape index (κ2) is 7.76. The number of amides is 2. The summed E-state index contributed by atoms with van der Waals surface area (Å²) in [6, 6.07) is 11.8. The highest BCUT2D eigenvalue weighted by Crippen LogP contribution is 2.41. The van der Waals surface area contributed by atoms with Gasteiger partial charge < -0.3 is 20.3 Å².